The van der Waals surface area contributed by atoms with E-state index in [1.807, 2.05) is 31.2 Å². The third kappa shape index (κ3) is 4.84. The number of nitro benzene ring substituents is 1. The molecular weight excluding hydrogens is 370 g/mol. The molecule has 0 aliphatic heterocycles. The summed E-state index contributed by atoms with van der Waals surface area (Å²) in [5.41, 5.74) is 2.25. The Hall–Kier alpha value is -4.00. The van der Waals surface area contributed by atoms with Gasteiger partial charge in [-0.25, -0.2) is 0 Å². The summed E-state index contributed by atoms with van der Waals surface area (Å²) in [6.45, 7) is 2.32. The highest BCUT2D eigenvalue weighted by Gasteiger charge is 2.21. The van der Waals surface area contributed by atoms with E-state index in [2.05, 4.69) is 10.6 Å². The van der Waals surface area contributed by atoms with Crippen LogP contribution in [0.2, 0.25) is 0 Å². The van der Waals surface area contributed by atoms with Gasteiger partial charge in [0.2, 0.25) is 0 Å². The first kappa shape index (κ1) is 19.8. The molecule has 0 saturated carbocycles. The molecule has 3 rings (SSSR count). The first-order valence-corrected chi connectivity index (χ1v) is 8.93. The monoisotopic (exact) mass is 389 g/mol. The van der Waals surface area contributed by atoms with Crippen LogP contribution in [0.25, 0.3) is 0 Å². The minimum absolute atomic E-state index is 0.0765. The fraction of sp³-hybridized carbons (Fsp3) is 0.0909. The number of nitro groups is 1. The first-order chi connectivity index (χ1) is 14.0. The molecule has 0 saturated heterocycles. The molecule has 7 heteroatoms. The highest BCUT2D eigenvalue weighted by atomic mass is 16.6. The van der Waals surface area contributed by atoms with Gasteiger partial charge in [0.1, 0.15) is 5.56 Å². The van der Waals surface area contributed by atoms with Crippen molar-refractivity contribution in [3.8, 4) is 0 Å². The van der Waals surface area contributed by atoms with E-state index in [9.17, 15) is 19.7 Å². The Bertz CT molecular complexity index is 1060. The van der Waals surface area contributed by atoms with E-state index in [-0.39, 0.29) is 28.4 Å². The molecular formula is C22H19N3O4. The third-order valence-electron chi connectivity index (χ3n) is 4.34. The number of hydrogen-bond acceptors (Lipinski definition) is 4. The van der Waals surface area contributed by atoms with Crippen molar-refractivity contribution >= 4 is 23.2 Å². The maximum absolute atomic E-state index is 12.6. The highest BCUT2D eigenvalue weighted by Crippen LogP contribution is 2.21. The van der Waals surface area contributed by atoms with Gasteiger partial charge in [-0.05, 0) is 30.7 Å². The molecule has 29 heavy (non-hydrogen) atoms. The molecule has 0 aromatic heterocycles. The molecule has 0 heterocycles. The molecule has 0 unspecified atom stereocenters. The second kappa shape index (κ2) is 8.79. The van der Waals surface area contributed by atoms with Crippen LogP contribution >= 0.6 is 0 Å². The molecule has 3 aromatic rings. The zero-order valence-corrected chi connectivity index (χ0v) is 15.7. The molecule has 0 aliphatic carbocycles. The van der Waals surface area contributed by atoms with E-state index < -0.39 is 10.8 Å². The van der Waals surface area contributed by atoms with E-state index in [0.717, 1.165) is 11.1 Å². The molecule has 0 fully saturated rings. The second-order valence-corrected chi connectivity index (χ2v) is 6.44. The van der Waals surface area contributed by atoms with Crippen molar-refractivity contribution in [1.82, 2.24) is 5.32 Å². The Labute approximate surface area is 167 Å². The molecule has 2 amide bonds. The molecule has 0 spiro atoms. The van der Waals surface area contributed by atoms with Gasteiger partial charge in [0.05, 0.1) is 16.2 Å². The van der Waals surface area contributed by atoms with Gasteiger partial charge in [0.25, 0.3) is 17.5 Å². The van der Waals surface area contributed by atoms with Crippen molar-refractivity contribution in [2.45, 2.75) is 13.5 Å². The van der Waals surface area contributed by atoms with Crippen LogP contribution in [0.3, 0.4) is 0 Å². The largest absolute Gasteiger partial charge is 0.348 e. The fourth-order valence-corrected chi connectivity index (χ4v) is 2.79. The summed E-state index contributed by atoms with van der Waals surface area (Å²) >= 11 is 0. The Morgan fingerprint density at radius 2 is 1.48 bits per heavy atom. The van der Waals surface area contributed by atoms with Crippen molar-refractivity contribution in [2.24, 2.45) is 0 Å². The number of rotatable bonds is 6. The van der Waals surface area contributed by atoms with Gasteiger partial charge in [-0.1, -0.05) is 54.1 Å². The van der Waals surface area contributed by atoms with Gasteiger partial charge in [0.15, 0.2) is 0 Å². The number of benzene rings is 3. The first-order valence-electron chi connectivity index (χ1n) is 8.93. The van der Waals surface area contributed by atoms with Crippen LogP contribution in [0.1, 0.15) is 31.8 Å². The van der Waals surface area contributed by atoms with Crippen molar-refractivity contribution in [3.63, 3.8) is 0 Å². The number of carbonyl (C=O) groups excluding carboxylic acids is 2. The molecule has 0 aliphatic rings. The van der Waals surface area contributed by atoms with Crippen LogP contribution < -0.4 is 10.6 Å². The number of amides is 2. The molecule has 3 aromatic carbocycles. The number of aryl methyl sites for hydroxylation is 1. The van der Waals surface area contributed by atoms with Crippen molar-refractivity contribution in [3.05, 3.63) is 105 Å². The zero-order chi connectivity index (χ0) is 20.8. The summed E-state index contributed by atoms with van der Waals surface area (Å²) < 4.78 is 0. The normalized spacial score (nSPS) is 10.2. The Kier molecular flexibility index (Phi) is 5.99. The minimum Gasteiger partial charge on any atom is -0.348 e. The number of carbonyl (C=O) groups is 2. The summed E-state index contributed by atoms with van der Waals surface area (Å²) in [5.74, 6) is -1.01. The van der Waals surface area contributed by atoms with Crippen molar-refractivity contribution in [1.29, 1.82) is 0 Å². The van der Waals surface area contributed by atoms with E-state index >= 15 is 0 Å². The number of nitrogens with one attached hydrogen (secondary N) is 2. The Balaban J connectivity index is 1.76. The van der Waals surface area contributed by atoms with Crippen molar-refractivity contribution in [2.75, 3.05) is 5.32 Å². The summed E-state index contributed by atoms with van der Waals surface area (Å²) in [5, 5.41) is 16.6. The van der Waals surface area contributed by atoms with E-state index in [4.69, 9.17) is 0 Å². The minimum atomic E-state index is -0.656. The summed E-state index contributed by atoms with van der Waals surface area (Å²) in [4.78, 5) is 35.7. The van der Waals surface area contributed by atoms with Crippen LogP contribution in [0.15, 0.2) is 72.8 Å². The predicted molar refractivity (Wildman–Crippen MR) is 110 cm³/mol. The van der Waals surface area contributed by atoms with Crippen LogP contribution in [0.5, 0.6) is 0 Å². The Morgan fingerprint density at radius 1 is 0.862 bits per heavy atom. The molecule has 0 atom stereocenters. The third-order valence-corrected chi connectivity index (χ3v) is 4.34. The topological polar surface area (TPSA) is 101 Å². The lowest BCUT2D eigenvalue weighted by molar-refractivity contribution is -0.385. The number of anilines is 1. The smallest absolute Gasteiger partial charge is 0.282 e. The van der Waals surface area contributed by atoms with Gasteiger partial charge in [-0.15, -0.1) is 0 Å². The lowest BCUT2D eigenvalue weighted by atomic mass is 10.1. The second-order valence-electron chi connectivity index (χ2n) is 6.44. The molecule has 146 valence electrons. The maximum atomic E-state index is 12.6. The van der Waals surface area contributed by atoms with Gasteiger partial charge in [0, 0.05) is 12.6 Å². The molecule has 7 nitrogen and oxygen atoms in total. The fourth-order valence-electron chi connectivity index (χ4n) is 2.79. The number of nitrogens with zero attached hydrogens (tertiary/aromatic N) is 1. The van der Waals surface area contributed by atoms with Crippen LogP contribution in [0, 0.1) is 17.0 Å². The van der Waals surface area contributed by atoms with Crippen LogP contribution in [-0.4, -0.2) is 16.7 Å². The summed E-state index contributed by atoms with van der Waals surface area (Å²) in [6.07, 6.45) is 0. The van der Waals surface area contributed by atoms with Gasteiger partial charge in [-0.2, -0.15) is 0 Å². The zero-order valence-electron chi connectivity index (χ0n) is 15.7. The van der Waals surface area contributed by atoms with Crippen LogP contribution in [0.4, 0.5) is 11.4 Å². The molecule has 2 N–H and O–H groups in total. The number of para-hydroxylation sites is 2. The lowest BCUT2D eigenvalue weighted by Crippen LogP contribution is -2.25. The van der Waals surface area contributed by atoms with Gasteiger partial charge < -0.3 is 10.6 Å². The predicted octanol–water partition coefficient (Wildman–Crippen LogP) is 4.09. The quantitative estimate of drug-likeness (QED) is 0.490. The summed E-state index contributed by atoms with van der Waals surface area (Å²) in [7, 11) is 0. The average molecular weight is 389 g/mol. The Morgan fingerprint density at radius 3 is 2.17 bits per heavy atom. The van der Waals surface area contributed by atoms with Gasteiger partial charge >= 0.3 is 0 Å². The lowest BCUT2D eigenvalue weighted by Gasteiger charge is -2.12. The maximum Gasteiger partial charge on any atom is 0.282 e. The van der Waals surface area contributed by atoms with Gasteiger partial charge in [-0.3, -0.25) is 19.7 Å². The highest BCUT2D eigenvalue weighted by molar-refractivity contribution is 6.10. The standard InChI is InChI=1S/C22H19N3O4/c1-15-10-12-16(13-11-15)14-23-21(26)17-6-2-4-8-19(17)24-22(27)18-7-3-5-9-20(18)25(28)29/h2-13H,14H2,1H3,(H,23,26)(H,24,27). The van der Waals surface area contributed by atoms with E-state index in [1.54, 1.807) is 30.3 Å². The molecule has 0 radical (unpaired) electrons. The average Bonchev–Trinajstić information content (AvgIpc) is 2.73. The summed E-state index contributed by atoms with van der Waals surface area (Å²) in [6, 6.07) is 20.0. The molecule has 0 bridgehead atoms. The van der Waals surface area contributed by atoms with Crippen molar-refractivity contribution < 1.29 is 14.5 Å². The SMILES string of the molecule is Cc1ccc(CNC(=O)c2ccccc2NC(=O)c2ccccc2[N+](=O)[O-])cc1. The van der Waals surface area contributed by atoms with E-state index in [0.29, 0.717) is 6.54 Å². The number of hydrogen-bond donors (Lipinski definition) is 2. The van der Waals surface area contributed by atoms with E-state index in [1.165, 1.54) is 18.2 Å². The van der Waals surface area contributed by atoms with Crippen LogP contribution in [-0.2, 0) is 6.54 Å².